The van der Waals surface area contributed by atoms with Crippen molar-refractivity contribution in [2.24, 2.45) is 0 Å². The highest BCUT2D eigenvalue weighted by atomic mass is 79.9. The van der Waals surface area contributed by atoms with Crippen LogP contribution >= 0.6 is 15.9 Å². The van der Waals surface area contributed by atoms with Crippen LogP contribution in [-0.4, -0.2) is 11.7 Å². The fraction of sp³-hybridized carbons (Fsp3) is 0.143. The second-order valence-corrected chi connectivity index (χ2v) is 5.05. The molecule has 0 atom stereocenters. The smallest absolute Gasteiger partial charge is 0.265 e. The molecular weight excluding hydrogens is 322 g/mol. The Labute approximate surface area is 124 Å². The number of halogens is 1. The lowest BCUT2D eigenvalue weighted by Gasteiger charge is -2.11. The third kappa shape index (κ3) is 2.83. The maximum atomic E-state index is 12.0. The topological polar surface area (TPSA) is 81.0 Å². The molecule has 20 heavy (non-hydrogen) atoms. The number of methoxy groups -OCH3 is 1. The largest absolute Gasteiger partial charge is 0.496 e. The van der Waals surface area contributed by atoms with Gasteiger partial charge in [0.25, 0.3) is 5.56 Å². The molecule has 5 nitrogen and oxygen atoms in total. The van der Waals surface area contributed by atoms with Crippen LogP contribution in [0.4, 0.5) is 5.69 Å². The van der Waals surface area contributed by atoms with Crippen molar-refractivity contribution in [1.82, 2.24) is 4.57 Å². The Balaban J connectivity index is 2.50. The monoisotopic (exact) mass is 333 g/mol. The molecule has 1 heterocycles. The molecule has 0 aliphatic heterocycles. The van der Waals surface area contributed by atoms with Gasteiger partial charge in [-0.15, -0.1) is 0 Å². The van der Waals surface area contributed by atoms with E-state index in [0.29, 0.717) is 21.5 Å². The molecule has 6 heteroatoms. The molecular formula is C14H12BrN3O2. The van der Waals surface area contributed by atoms with Gasteiger partial charge in [0.1, 0.15) is 5.75 Å². The normalized spacial score (nSPS) is 10.1. The van der Waals surface area contributed by atoms with Gasteiger partial charge in [0.05, 0.1) is 29.8 Å². The summed E-state index contributed by atoms with van der Waals surface area (Å²) in [4.78, 5) is 12.0. The van der Waals surface area contributed by atoms with Crippen LogP contribution in [0.15, 0.2) is 39.7 Å². The standard InChI is InChI=1S/C14H12BrN3O2/c1-20-13-3-2-9(6-16)4-10(13)7-18-8-11(17)5-12(15)14(18)19/h2-5,8H,7,17H2,1H3. The van der Waals surface area contributed by atoms with Crippen molar-refractivity contribution < 1.29 is 4.74 Å². The number of nitriles is 1. The number of aromatic nitrogens is 1. The SMILES string of the molecule is COc1ccc(C#N)cc1Cn1cc(N)cc(Br)c1=O. The van der Waals surface area contributed by atoms with Crippen LogP contribution < -0.4 is 16.0 Å². The molecule has 0 saturated carbocycles. The number of nitrogen functional groups attached to an aromatic ring is 1. The van der Waals surface area contributed by atoms with Gasteiger partial charge in [0.2, 0.25) is 0 Å². The van der Waals surface area contributed by atoms with Crippen LogP contribution in [0, 0.1) is 11.3 Å². The maximum absolute atomic E-state index is 12.0. The number of benzene rings is 1. The van der Waals surface area contributed by atoms with E-state index in [4.69, 9.17) is 15.7 Å². The van der Waals surface area contributed by atoms with Gasteiger partial charge in [-0.3, -0.25) is 4.79 Å². The summed E-state index contributed by atoms with van der Waals surface area (Å²) in [5, 5.41) is 8.95. The third-order valence-electron chi connectivity index (χ3n) is 2.81. The van der Waals surface area contributed by atoms with Gasteiger partial charge in [-0.1, -0.05) is 0 Å². The summed E-state index contributed by atoms with van der Waals surface area (Å²) in [5.41, 5.74) is 7.28. The quantitative estimate of drug-likeness (QED) is 0.932. The van der Waals surface area contributed by atoms with Gasteiger partial charge in [-0.2, -0.15) is 5.26 Å². The summed E-state index contributed by atoms with van der Waals surface area (Å²) in [7, 11) is 1.54. The van der Waals surface area contributed by atoms with E-state index in [2.05, 4.69) is 22.0 Å². The van der Waals surface area contributed by atoms with Crippen LogP contribution in [0.1, 0.15) is 11.1 Å². The molecule has 1 aromatic carbocycles. The average molecular weight is 334 g/mol. The Bertz CT molecular complexity index is 747. The summed E-state index contributed by atoms with van der Waals surface area (Å²) >= 11 is 3.18. The summed E-state index contributed by atoms with van der Waals surface area (Å²) in [6, 6.07) is 8.69. The minimum absolute atomic E-state index is 0.191. The molecule has 0 bridgehead atoms. The fourth-order valence-corrected chi connectivity index (χ4v) is 2.39. The summed E-state index contributed by atoms with van der Waals surface area (Å²) in [5.74, 6) is 0.620. The van der Waals surface area contributed by atoms with Crippen molar-refractivity contribution in [2.45, 2.75) is 6.54 Å². The van der Waals surface area contributed by atoms with Crippen LogP contribution in [0.5, 0.6) is 5.75 Å². The lowest BCUT2D eigenvalue weighted by atomic mass is 10.1. The second kappa shape index (κ2) is 5.80. The van der Waals surface area contributed by atoms with Crippen LogP contribution in [0.2, 0.25) is 0 Å². The van der Waals surface area contributed by atoms with Crippen LogP contribution in [0.3, 0.4) is 0 Å². The lowest BCUT2D eigenvalue weighted by molar-refractivity contribution is 0.408. The first-order valence-corrected chi connectivity index (χ1v) is 6.57. The van der Waals surface area contributed by atoms with Crippen molar-refractivity contribution in [3.05, 3.63) is 56.4 Å². The van der Waals surface area contributed by atoms with Gasteiger partial charge in [-0.05, 0) is 40.2 Å². The van der Waals surface area contributed by atoms with E-state index in [1.165, 1.54) is 4.57 Å². The molecule has 0 saturated heterocycles. The maximum Gasteiger partial charge on any atom is 0.265 e. The minimum atomic E-state index is -0.191. The number of pyridine rings is 1. The molecule has 2 N–H and O–H groups in total. The molecule has 0 radical (unpaired) electrons. The molecule has 1 aromatic heterocycles. The number of rotatable bonds is 3. The highest BCUT2D eigenvalue weighted by Gasteiger charge is 2.08. The molecule has 102 valence electrons. The van der Waals surface area contributed by atoms with Crippen molar-refractivity contribution in [1.29, 1.82) is 5.26 Å². The van der Waals surface area contributed by atoms with E-state index < -0.39 is 0 Å². The number of ether oxygens (including phenoxy) is 1. The van der Waals surface area contributed by atoms with Gasteiger partial charge in [0, 0.05) is 17.4 Å². The predicted molar refractivity (Wildman–Crippen MR) is 79.6 cm³/mol. The van der Waals surface area contributed by atoms with Gasteiger partial charge in [0.15, 0.2) is 0 Å². The van der Waals surface area contributed by atoms with Crippen LogP contribution in [0.25, 0.3) is 0 Å². The van der Waals surface area contributed by atoms with Gasteiger partial charge in [-0.25, -0.2) is 0 Å². The number of nitrogens with zero attached hydrogens (tertiary/aromatic N) is 2. The van der Waals surface area contributed by atoms with E-state index in [9.17, 15) is 4.79 Å². The zero-order valence-electron chi connectivity index (χ0n) is 10.8. The van der Waals surface area contributed by atoms with Crippen molar-refractivity contribution >= 4 is 21.6 Å². The predicted octanol–water partition coefficient (Wildman–Crippen LogP) is 2.12. The molecule has 2 aromatic rings. The highest BCUT2D eigenvalue weighted by Crippen LogP contribution is 2.21. The molecule has 2 rings (SSSR count). The number of anilines is 1. The summed E-state index contributed by atoms with van der Waals surface area (Å²) in [6.45, 7) is 0.279. The van der Waals surface area contributed by atoms with E-state index >= 15 is 0 Å². The molecule has 0 amide bonds. The van der Waals surface area contributed by atoms with E-state index in [0.717, 1.165) is 5.56 Å². The molecule has 0 aliphatic carbocycles. The number of hydrogen-bond donors (Lipinski definition) is 1. The molecule has 0 fully saturated rings. The van der Waals surface area contributed by atoms with Crippen molar-refractivity contribution in [3.63, 3.8) is 0 Å². The van der Waals surface area contributed by atoms with Gasteiger partial charge < -0.3 is 15.0 Å². The number of hydrogen-bond acceptors (Lipinski definition) is 4. The van der Waals surface area contributed by atoms with E-state index in [-0.39, 0.29) is 12.1 Å². The second-order valence-electron chi connectivity index (χ2n) is 4.19. The van der Waals surface area contributed by atoms with E-state index in [1.807, 2.05) is 0 Å². The summed E-state index contributed by atoms with van der Waals surface area (Å²) in [6.07, 6.45) is 1.56. The fourth-order valence-electron chi connectivity index (χ4n) is 1.89. The minimum Gasteiger partial charge on any atom is -0.496 e. The highest BCUT2D eigenvalue weighted by molar-refractivity contribution is 9.10. The Morgan fingerprint density at radius 3 is 2.85 bits per heavy atom. The zero-order chi connectivity index (χ0) is 14.7. The van der Waals surface area contributed by atoms with Gasteiger partial charge >= 0.3 is 0 Å². The molecule has 0 spiro atoms. The number of nitrogens with two attached hydrogens (primary N) is 1. The molecule has 0 aliphatic rings. The lowest BCUT2D eigenvalue weighted by Crippen LogP contribution is -2.21. The third-order valence-corrected chi connectivity index (χ3v) is 3.38. The van der Waals surface area contributed by atoms with Crippen LogP contribution in [-0.2, 0) is 6.54 Å². The Morgan fingerprint density at radius 2 is 2.20 bits per heavy atom. The first-order chi connectivity index (χ1) is 9.55. The average Bonchev–Trinajstić information content (AvgIpc) is 2.44. The Hall–Kier alpha value is -2.26. The molecule has 0 unspecified atom stereocenters. The van der Waals surface area contributed by atoms with E-state index in [1.54, 1.807) is 37.6 Å². The first-order valence-electron chi connectivity index (χ1n) is 5.77. The first kappa shape index (κ1) is 14.2. The zero-order valence-corrected chi connectivity index (χ0v) is 12.3. The van der Waals surface area contributed by atoms with Crippen molar-refractivity contribution in [2.75, 3.05) is 12.8 Å². The summed E-state index contributed by atoms with van der Waals surface area (Å²) < 4.78 is 7.12. The Kier molecular flexibility index (Phi) is 4.11. The Morgan fingerprint density at radius 1 is 1.45 bits per heavy atom. The van der Waals surface area contributed by atoms with Crippen molar-refractivity contribution in [3.8, 4) is 11.8 Å².